The highest BCUT2D eigenvalue weighted by Gasteiger charge is 2.48. The maximum absolute atomic E-state index is 13.2. The summed E-state index contributed by atoms with van der Waals surface area (Å²) in [6, 6.07) is 11.5. The van der Waals surface area contributed by atoms with Crippen molar-refractivity contribution in [1.29, 1.82) is 0 Å². The fraction of sp³-hybridized carbons (Fsp3) is 0.385. The van der Waals surface area contributed by atoms with Crippen LogP contribution in [0.4, 0.5) is 20.1 Å². The van der Waals surface area contributed by atoms with Crippen molar-refractivity contribution in [2.75, 3.05) is 19.0 Å². The first-order valence-corrected chi connectivity index (χ1v) is 12.0. The van der Waals surface area contributed by atoms with Crippen LogP contribution in [-0.4, -0.2) is 58.0 Å². The van der Waals surface area contributed by atoms with Gasteiger partial charge in [-0.1, -0.05) is 31.2 Å². The Morgan fingerprint density at radius 1 is 1.25 bits per heavy atom. The largest absolute Gasteiger partial charge is 0.517 e. The third-order valence-corrected chi connectivity index (χ3v) is 7.50. The number of amides is 3. The summed E-state index contributed by atoms with van der Waals surface area (Å²) in [5, 5.41) is 11.1. The quantitative estimate of drug-likeness (QED) is 0.398. The average molecular weight is 492 g/mol. The van der Waals surface area contributed by atoms with Crippen LogP contribution in [0.3, 0.4) is 0 Å². The number of nitrogens with zero attached hydrogens (tertiary/aromatic N) is 3. The number of aromatic amines is 1. The summed E-state index contributed by atoms with van der Waals surface area (Å²) in [5.41, 5.74) is 3.86. The number of urea groups is 1. The van der Waals surface area contributed by atoms with Gasteiger partial charge in [0.15, 0.2) is 0 Å². The Balaban J connectivity index is 1.55. The Bertz CT molecular complexity index is 1340. The van der Waals surface area contributed by atoms with Crippen LogP contribution >= 0.6 is 0 Å². The zero-order valence-corrected chi connectivity index (χ0v) is 20.5. The predicted octanol–water partition coefficient (Wildman–Crippen LogP) is 4.89. The molecule has 3 aromatic rings. The summed E-state index contributed by atoms with van der Waals surface area (Å²) in [6.45, 7) is 4.78. The van der Waals surface area contributed by atoms with Gasteiger partial charge in [-0.3, -0.25) is 10.00 Å². The molecule has 3 heterocycles. The van der Waals surface area contributed by atoms with Gasteiger partial charge >= 0.3 is 18.3 Å². The Hall–Kier alpha value is -4.08. The second-order valence-corrected chi connectivity index (χ2v) is 9.35. The molecule has 0 aliphatic carbocycles. The first-order valence-electron chi connectivity index (χ1n) is 12.0. The fourth-order valence-electron chi connectivity index (χ4n) is 5.63. The number of rotatable bonds is 3. The van der Waals surface area contributed by atoms with Crippen LogP contribution in [0, 0.1) is 6.92 Å². The lowest BCUT2D eigenvalue weighted by Crippen LogP contribution is -2.59. The van der Waals surface area contributed by atoms with Gasteiger partial charge in [0, 0.05) is 30.2 Å². The van der Waals surface area contributed by atoms with E-state index in [1.165, 1.54) is 0 Å². The van der Waals surface area contributed by atoms with E-state index in [1.807, 2.05) is 55.1 Å². The Kier molecular flexibility index (Phi) is 6.03. The number of hydrogen-bond donors (Lipinski definition) is 2. The van der Waals surface area contributed by atoms with Gasteiger partial charge in [0.25, 0.3) is 0 Å². The summed E-state index contributed by atoms with van der Waals surface area (Å²) in [6.07, 6.45) is 1.51. The van der Waals surface area contributed by atoms with E-state index in [2.05, 4.69) is 20.3 Å². The van der Waals surface area contributed by atoms with Gasteiger partial charge in [0.2, 0.25) is 0 Å². The van der Waals surface area contributed by atoms with E-state index in [9.17, 15) is 14.4 Å². The number of H-pyrrole nitrogens is 1. The number of piperidine rings is 1. The van der Waals surface area contributed by atoms with Crippen molar-refractivity contribution in [3.63, 3.8) is 0 Å². The van der Waals surface area contributed by atoms with Gasteiger partial charge in [-0.05, 0) is 55.0 Å². The minimum atomic E-state index is -1.05. The lowest BCUT2D eigenvalue weighted by Gasteiger charge is -2.51. The summed E-state index contributed by atoms with van der Waals surface area (Å²) in [4.78, 5) is 41.6. The molecule has 2 aromatic carbocycles. The molecule has 36 heavy (non-hydrogen) atoms. The van der Waals surface area contributed by atoms with E-state index < -0.39 is 17.8 Å². The number of aryl methyl sites for hydroxylation is 1. The topological polar surface area (TPSA) is 117 Å². The van der Waals surface area contributed by atoms with Gasteiger partial charge in [-0.2, -0.15) is 5.10 Å². The van der Waals surface area contributed by atoms with Crippen molar-refractivity contribution in [3.8, 4) is 0 Å². The highest BCUT2D eigenvalue weighted by atomic mass is 16.7. The molecule has 3 amide bonds. The summed E-state index contributed by atoms with van der Waals surface area (Å²) >= 11 is 0. The van der Waals surface area contributed by atoms with Crippen LogP contribution in [0.15, 0.2) is 42.6 Å². The van der Waals surface area contributed by atoms with Crippen LogP contribution in [0.5, 0.6) is 0 Å². The van der Waals surface area contributed by atoms with E-state index in [1.54, 1.807) is 11.1 Å². The van der Waals surface area contributed by atoms with Gasteiger partial charge < -0.3 is 19.7 Å². The molecule has 1 fully saturated rings. The van der Waals surface area contributed by atoms with Crippen LogP contribution in [-0.2, 0) is 21.6 Å². The number of para-hydroxylation sites is 1. The molecule has 1 saturated heterocycles. The smallest absolute Gasteiger partial charge is 0.437 e. The Morgan fingerprint density at radius 2 is 2.06 bits per heavy atom. The number of carbonyl (C=O) groups is 3. The molecule has 1 aromatic heterocycles. The second kappa shape index (κ2) is 9.18. The number of methoxy groups -OCH3 is 1. The normalized spacial score (nSPS) is 21.6. The molecular formula is C26H29N5O5. The van der Waals surface area contributed by atoms with E-state index in [0.717, 1.165) is 40.4 Å². The third kappa shape index (κ3) is 3.92. The number of fused-ring (bicyclic) bond motifs is 2. The molecule has 0 saturated carbocycles. The molecule has 2 N–H and O–H groups in total. The molecule has 10 heteroatoms. The van der Waals surface area contributed by atoms with E-state index in [0.29, 0.717) is 32.4 Å². The number of anilines is 1. The zero-order valence-electron chi connectivity index (χ0n) is 20.5. The Labute approximate surface area is 208 Å². The average Bonchev–Trinajstić information content (AvgIpc) is 3.37. The molecule has 2 aliphatic rings. The zero-order chi connectivity index (χ0) is 25.4. The van der Waals surface area contributed by atoms with Gasteiger partial charge in [-0.15, -0.1) is 0 Å². The number of carbonyl (C=O) groups excluding carboxylic acids is 3. The number of aromatic nitrogens is 2. The molecule has 2 atom stereocenters. The summed E-state index contributed by atoms with van der Waals surface area (Å²) < 4.78 is 9.55. The molecule has 0 spiro atoms. The van der Waals surface area contributed by atoms with Gasteiger partial charge in [-0.25, -0.2) is 14.4 Å². The van der Waals surface area contributed by atoms with Crippen LogP contribution < -0.4 is 5.32 Å². The summed E-state index contributed by atoms with van der Waals surface area (Å²) in [7, 11) is 1.16. The molecular weight excluding hydrogens is 462 g/mol. The molecule has 5 rings (SSSR count). The minimum Gasteiger partial charge on any atom is -0.437 e. The number of nitrogens with one attached hydrogen (secondary N) is 2. The van der Waals surface area contributed by atoms with Crippen molar-refractivity contribution >= 4 is 34.9 Å². The van der Waals surface area contributed by atoms with Crippen molar-refractivity contribution in [2.24, 2.45) is 0 Å². The predicted molar refractivity (Wildman–Crippen MR) is 132 cm³/mol. The van der Waals surface area contributed by atoms with Crippen molar-refractivity contribution in [2.45, 2.75) is 51.2 Å². The second-order valence-electron chi connectivity index (χ2n) is 9.35. The molecule has 0 bridgehead atoms. The lowest BCUT2D eigenvalue weighted by atomic mass is 9.75. The van der Waals surface area contributed by atoms with Crippen molar-refractivity contribution in [1.82, 2.24) is 20.0 Å². The molecule has 188 valence electrons. The van der Waals surface area contributed by atoms with Crippen LogP contribution in [0.25, 0.3) is 10.9 Å². The van der Waals surface area contributed by atoms with E-state index in [4.69, 9.17) is 4.74 Å². The van der Waals surface area contributed by atoms with E-state index >= 15 is 0 Å². The minimum absolute atomic E-state index is 0.138. The van der Waals surface area contributed by atoms with Crippen molar-refractivity contribution < 1.29 is 23.9 Å². The SMILES string of the molecule is CCC1(c2cc(C)c3[nH]ncc3c2)CC(N2Cc3ccccc3NC2=O)CCN1C(=O)OC(=O)OC. The number of hydrogen-bond acceptors (Lipinski definition) is 6. The molecule has 2 unspecified atom stereocenters. The standard InChI is InChI=1S/C26H29N5O5/c1-4-26(19-11-16(2)22-18(12-19)14-27-29-22)13-20(9-10-31(26)24(33)36-25(34)35-3)30-15-17-7-5-6-8-21(17)28-23(30)32/h5-8,11-12,14,20H,4,9-10,13,15H2,1-3H3,(H,27,29)(H,28,32). The Morgan fingerprint density at radius 3 is 2.83 bits per heavy atom. The first kappa shape index (κ1) is 23.7. The fourth-order valence-corrected chi connectivity index (χ4v) is 5.63. The maximum Gasteiger partial charge on any atom is 0.517 e. The summed E-state index contributed by atoms with van der Waals surface area (Å²) in [5.74, 6) is 0. The van der Waals surface area contributed by atoms with Crippen LogP contribution in [0.2, 0.25) is 0 Å². The molecule has 2 aliphatic heterocycles. The van der Waals surface area contributed by atoms with E-state index in [-0.39, 0.29) is 12.1 Å². The van der Waals surface area contributed by atoms with Gasteiger partial charge in [0.05, 0.1) is 24.4 Å². The van der Waals surface area contributed by atoms with Gasteiger partial charge in [0.1, 0.15) is 0 Å². The van der Waals surface area contributed by atoms with Crippen molar-refractivity contribution in [3.05, 3.63) is 59.3 Å². The molecule has 0 radical (unpaired) electrons. The highest BCUT2D eigenvalue weighted by molar-refractivity contribution is 5.92. The first-order chi connectivity index (χ1) is 17.4. The number of likely N-dealkylation sites (tertiary alicyclic amines) is 1. The molecule has 10 nitrogen and oxygen atoms in total. The third-order valence-electron chi connectivity index (χ3n) is 7.50. The monoisotopic (exact) mass is 491 g/mol. The highest BCUT2D eigenvalue weighted by Crippen LogP contribution is 2.44. The lowest BCUT2D eigenvalue weighted by molar-refractivity contribution is -0.00260. The number of ether oxygens (including phenoxy) is 2. The maximum atomic E-state index is 13.2. The van der Waals surface area contributed by atoms with Crippen LogP contribution in [0.1, 0.15) is 42.9 Å². The number of benzene rings is 2.